The predicted molar refractivity (Wildman–Crippen MR) is 142 cm³/mol. The minimum absolute atomic E-state index is 0.0127. The van der Waals surface area contributed by atoms with Crippen LogP contribution in [0.1, 0.15) is 19.8 Å². The first kappa shape index (κ1) is 25.8. The lowest BCUT2D eigenvalue weighted by Crippen LogP contribution is -2.30. The van der Waals surface area contributed by atoms with Gasteiger partial charge in [-0.05, 0) is 71.6 Å². The van der Waals surface area contributed by atoms with Crippen LogP contribution >= 0.6 is 27.5 Å². The van der Waals surface area contributed by atoms with Crippen molar-refractivity contribution in [3.8, 4) is 11.5 Å². The third-order valence-electron chi connectivity index (χ3n) is 7.06. The van der Waals surface area contributed by atoms with E-state index in [0.29, 0.717) is 63.7 Å². The molecule has 3 aromatic rings. The molecule has 0 radical (unpaired) electrons. The van der Waals surface area contributed by atoms with Crippen molar-refractivity contribution in [2.45, 2.75) is 19.8 Å². The molecule has 0 bridgehead atoms. The van der Waals surface area contributed by atoms with E-state index in [4.69, 9.17) is 25.8 Å². The molecule has 37 heavy (non-hydrogen) atoms. The van der Waals surface area contributed by atoms with Gasteiger partial charge in [0.25, 0.3) is 0 Å². The second kappa shape index (κ2) is 10.9. The van der Waals surface area contributed by atoms with Gasteiger partial charge in [-0.3, -0.25) is 0 Å². The number of nitrogens with zero attached hydrogens (tertiary/aromatic N) is 3. The highest BCUT2D eigenvalue weighted by Crippen LogP contribution is 2.43. The van der Waals surface area contributed by atoms with Gasteiger partial charge in [0.15, 0.2) is 17.3 Å². The molecular weight excluding hydrogens is 567 g/mol. The molecule has 2 aliphatic rings. The van der Waals surface area contributed by atoms with Crippen molar-refractivity contribution in [2.24, 2.45) is 17.8 Å². The van der Waals surface area contributed by atoms with Crippen molar-refractivity contribution in [1.29, 1.82) is 0 Å². The number of nitrogens with one attached hydrogen (secondary N) is 1. The standard InChI is InChI=1S/C26H27BrClFN4O4/c1-3-36-26(34)33-10-15-6-14(7-16(15)11-33)12-37-22-9-20-17(8-21(22)35-2)25(31-13-30-20)32-19-5-4-18(27)23(28)24(19)29/h4-5,8-9,13-16H,3,6-7,10-12H2,1-2H3,(H,30,31,32)/t14?,15-,16+. The Hall–Kier alpha value is -2.85. The van der Waals surface area contributed by atoms with Gasteiger partial charge in [0.05, 0.1) is 36.6 Å². The summed E-state index contributed by atoms with van der Waals surface area (Å²) >= 11 is 9.26. The molecule has 1 N–H and O–H groups in total. The Labute approximate surface area is 227 Å². The van der Waals surface area contributed by atoms with Gasteiger partial charge in [-0.25, -0.2) is 19.2 Å². The number of rotatable bonds is 7. The third-order valence-corrected chi connectivity index (χ3v) is 8.32. The normalized spacial score (nSPS) is 20.7. The smallest absolute Gasteiger partial charge is 0.409 e. The van der Waals surface area contributed by atoms with Crippen LogP contribution in [0.25, 0.3) is 10.9 Å². The molecule has 2 fully saturated rings. The maximum absolute atomic E-state index is 14.6. The fourth-order valence-electron chi connectivity index (χ4n) is 5.32. The molecule has 0 spiro atoms. The summed E-state index contributed by atoms with van der Waals surface area (Å²) in [5.41, 5.74) is 0.825. The first-order chi connectivity index (χ1) is 17.9. The number of fused-ring (bicyclic) bond motifs is 2. The van der Waals surface area contributed by atoms with E-state index in [1.54, 1.807) is 25.3 Å². The Kier molecular flexibility index (Phi) is 7.57. The molecular formula is C26H27BrClFN4O4. The number of anilines is 2. The highest BCUT2D eigenvalue weighted by Gasteiger charge is 2.43. The molecule has 196 valence electrons. The van der Waals surface area contributed by atoms with Crippen LogP contribution in [-0.2, 0) is 4.74 Å². The zero-order valence-electron chi connectivity index (χ0n) is 20.5. The van der Waals surface area contributed by atoms with Crippen LogP contribution in [0.2, 0.25) is 5.02 Å². The van der Waals surface area contributed by atoms with Gasteiger partial charge >= 0.3 is 6.09 Å². The van der Waals surface area contributed by atoms with E-state index >= 15 is 0 Å². The van der Waals surface area contributed by atoms with Crippen LogP contribution in [0.15, 0.2) is 35.1 Å². The number of aromatic nitrogens is 2. The average molecular weight is 594 g/mol. The average Bonchev–Trinajstić information content (AvgIpc) is 3.47. The Morgan fingerprint density at radius 3 is 2.68 bits per heavy atom. The van der Waals surface area contributed by atoms with Gasteiger partial charge in [0, 0.05) is 29.0 Å². The highest BCUT2D eigenvalue weighted by atomic mass is 79.9. The van der Waals surface area contributed by atoms with Crippen molar-refractivity contribution >= 4 is 56.0 Å². The van der Waals surface area contributed by atoms with Crippen molar-refractivity contribution < 1.29 is 23.4 Å². The number of ether oxygens (including phenoxy) is 3. The van der Waals surface area contributed by atoms with E-state index in [1.165, 1.54) is 6.33 Å². The number of hydrogen-bond donors (Lipinski definition) is 1. The summed E-state index contributed by atoms with van der Waals surface area (Å²) in [6, 6.07) is 6.84. The van der Waals surface area contributed by atoms with E-state index < -0.39 is 5.82 Å². The minimum Gasteiger partial charge on any atom is -0.493 e. The van der Waals surface area contributed by atoms with Crippen molar-refractivity contribution in [3.63, 3.8) is 0 Å². The van der Waals surface area contributed by atoms with Crippen LogP contribution in [0.4, 0.5) is 20.7 Å². The molecule has 1 aromatic heterocycles. The van der Waals surface area contributed by atoms with Gasteiger partial charge in [-0.2, -0.15) is 0 Å². The number of methoxy groups -OCH3 is 1. The van der Waals surface area contributed by atoms with E-state index in [2.05, 4.69) is 31.2 Å². The molecule has 1 amide bonds. The van der Waals surface area contributed by atoms with Crippen LogP contribution in [0, 0.1) is 23.6 Å². The van der Waals surface area contributed by atoms with Crippen molar-refractivity contribution in [2.75, 3.05) is 38.7 Å². The van der Waals surface area contributed by atoms with Crippen LogP contribution in [0.3, 0.4) is 0 Å². The lowest BCUT2D eigenvalue weighted by molar-refractivity contribution is 0.111. The van der Waals surface area contributed by atoms with E-state index in [9.17, 15) is 9.18 Å². The van der Waals surface area contributed by atoms with Gasteiger partial charge in [-0.15, -0.1) is 0 Å². The lowest BCUT2D eigenvalue weighted by atomic mass is 10.0. The zero-order chi connectivity index (χ0) is 26.1. The summed E-state index contributed by atoms with van der Waals surface area (Å²) in [4.78, 5) is 22.5. The van der Waals surface area contributed by atoms with Gasteiger partial charge in [0.1, 0.15) is 12.1 Å². The predicted octanol–water partition coefficient (Wildman–Crippen LogP) is 6.43. The quantitative estimate of drug-likeness (QED) is 0.316. The first-order valence-corrected chi connectivity index (χ1v) is 13.3. The fourth-order valence-corrected chi connectivity index (χ4v) is 5.79. The summed E-state index contributed by atoms with van der Waals surface area (Å²) in [5.74, 6) is 2.31. The molecule has 2 aromatic carbocycles. The molecule has 1 saturated heterocycles. The summed E-state index contributed by atoms with van der Waals surface area (Å²) in [5, 5.41) is 3.65. The second-order valence-electron chi connectivity index (χ2n) is 9.36. The summed E-state index contributed by atoms with van der Waals surface area (Å²) in [6.07, 6.45) is 3.21. The summed E-state index contributed by atoms with van der Waals surface area (Å²) in [6.45, 7) is 4.26. The fraction of sp³-hybridized carbons (Fsp3) is 0.423. The number of likely N-dealkylation sites (tertiary alicyclic amines) is 1. The van der Waals surface area contributed by atoms with Crippen LogP contribution in [-0.4, -0.2) is 54.4 Å². The number of halogens is 3. The van der Waals surface area contributed by atoms with Crippen molar-refractivity contribution in [1.82, 2.24) is 14.9 Å². The molecule has 1 aliphatic heterocycles. The van der Waals surface area contributed by atoms with Gasteiger partial charge < -0.3 is 24.4 Å². The van der Waals surface area contributed by atoms with Crippen LogP contribution in [0.5, 0.6) is 11.5 Å². The SMILES string of the molecule is CCOC(=O)N1C[C@H]2CC(COc3cc4ncnc(Nc5ccc(Br)c(Cl)c5F)c4cc3OC)C[C@H]2C1. The molecule has 8 nitrogen and oxygen atoms in total. The van der Waals surface area contributed by atoms with E-state index in [1.807, 2.05) is 17.9 Å². The molecule has 2 heterocycles. The largest absolute Gasteiger partial charge is 0.493 e. The monoisotopic (exact) mass is 592 g/mol. The first-order valence-electron chi connectivity index (χ1n) is 12.2. The van der Waals surface area contributed by atoms with E-state index in [-0.39, 0.29) is 16.8 Å². The van der Waals surface area contributed by atoms with Gasteiger partial charge in [-0.1, -0.05) is 11.6 Å². The Morgan fingerprint density at radius 2 is 1.97 bits per heavy atom. The molecule has 3 atom stereocenters. The number of amides is 1. The minimum atomic E-state index is -0.582. The summed E-state index contributed by atoms with van der Waals surface area (Å²) in [7, 11) is 1.57. The summed E-state index contributed by atoms with van der Waals surface area (Å²) < 4.78 is 32.1. The third kappa shape index (κ3) is 5.27. The number of hydrogen-bond acceptors (Lipinski definition) is 7. The number of benzene rings is 2. The maximum atomic E-state index is 14.6. The van der Waals surface area contributed by atoms with Gasteiger partial charge in [0.2, 0.25) is 0 Å². The molecule has 5 rings (SSSR count). The number of carbonyl (C=O) groups is 1. The molecule has 1 saturated carbocycles. The van der Waals surface area contributed by atoms with Crippen molar-refractivity contribution in [3.05, 3.63) is 45.9 Å². The molecule has 1 unspecified atom stereocenters. The number of carbonyl (C=O) groups excluding carboxylic acids is 1. The second-order valence-corrected chi connectivity index (χ2v) is 10.6. The topological polar surface area (TPSA) is 85.8 Å². The Morgan fingerprint density at radius 1 is 1.22 bits per heavy atom. The Bertz CT molecular complexity index is 1320. The maximum Gasteiger partial charge on any atom is 0.409 e. The lowest BCUT2D eigenvalue weighted by Gasteiger charge is -2.19. The van der Waals surface area contributed by atoms with E-state index in [0.717, 1.165) is 25.9 Å². The Balaban J connectivity index is 1.28. The highest BCUT2D eigenvalue weighted by molar-refractivity contribution is 9.10. The van der Waals surface area contributed by atoms with Crippen LogP contribution < -0.4 is 14.8 Å². The zero-order valence-corrected chi connectivity index (χ0v) is 22.8. The molecule has 1 aliphatic carbocycles. The molecule has 11 heteroatoms.